The molecule has 1 heterocycles. The third-order valence-electron chi connectivity index (χ3n) is 4.35. The molecule has 0 amide bonds. The van der Waals surface area contributed by atoms with Crippen molar-refractivity contribution in [3.8, 4) is 28.1 Å². The zero-order valence-electron chi connectivity index (χ0n) is 15.5. The van der Waals surface area contributed by atoms with E-state index >= 15 is 0 Å². The van der Waals surface area contributed by atoms with Crippen LogP contribution in [0.3, 0.4) is 0 Å². The zero-order chi connectivity index (χ0) is 19.2. The summed E-state index contributed by atoms with van der Waals surface area (Å²) < 4.78 is 5.10. The lowest BCUT2D eigenvalue weighted by Crippen LogP contribution is -2.06. The molecule has 0 fully saturated rings. The molecule has 5 heteroatoms. The van der Waals surface area contributed by atoms with E-state index in [4.69, 9.17) is 16.3 Å². The van der Waals surface area contributed by atoms with Gasteiger partial charge in [0.2, 0.25) is 0 Å². The minimum absolute atomic E-state index is 0.152. The Hall–Kier alpha value is -2.56. The zero-order valence-corrected chi connectivity index (χ0v) is 16.3. The molecule has 2 N–H and O–H groups in total. The molecule has 0 spiro atoms. The third kappa shape index (κ3) is 4.79. The predicted molar refractivity (Wildman–Crippen MR) is 112 cm³/mol. The van der Waals surface area contributed by atoms with Gasteiger partial charge in [0.25, 0.3) is 0 Å². The van der Waals surface area contributed by atoms with Gasteiger partial charge in [0.05, 0.1) is 5.69 Å². The van der Waals surface area contributed by atoms with Crippen LogP contribution in [0.1, 0.15) is 12.0 Å². The molecule has 0 saturated heterocycles. The maximum absolute atomic E-state index is 10.3. The van der Waals surface area contributed by atoms with Crippen molar-refractivity contribution in [2.75, 3.05) is 25.6 Å². The van der Waals surface area contributed by atoms with Crippen LogP contribution in [0.5, 0.6) is 5.75 Å². The molecular formula is C22H23ClN2O2. The van der Waals surface area contributed by atoms with Gasteiger partial charge in [-0.25, -0.2) is 4.98 Å². The fraction of sp³-hybridized carbons (Fsp3) is 0.227. The summed E-state index contributed by atoms with van der Waals surface area (Å²) in [6, 6.07) is 17.2. The van der Waals surface area contributed by atoms with E-state index in [9.17, 15) is 5.11 Å². The first kappa shape index (κ1) is 19.2. The van der Waals surface area contributed by atoms with Crippen LogP contribution in [-0.4, -0.2) is 30.4 Å². The molecule has 0 bridgehead atoms. The summed E-state index contributed by atoms with van der Waals surface area (Å²) in [5.41, 5.74) is 4.62. The number of halogens is 1. The topological polar surface area (TPSA) is 54.4 Å². The Labute approximate surface area is 164 Å². The summed E-state index contributed by atoms with van der Waals surface area (Å²) >= 11 is 6.14. The van der Waals surface area contributed by atoms with Crippen molar-refractivity contribution in [1.29, 1.82) is 0 Å². The van der Waals surface area contributed by atoms with E-state index in [2.05, 4.69) is 29.4 Å². The molecular weight excluding hydrogens is 360 g/mol. The Balaban J connectivity index is 2.05. The molecule has 1 aromatic heterocycles. The summed E-state index contributed by atoms with van der Waals surface area (Å²) in [6.45, 7) is 3.52. The Bertz CT molecular complexity index is 928. The van der Waals surface area contributed by atoms with Crippen LogP contribution in [0.15, 0.2) is 54.6 Å². The van der Waals surface area contributed by atoms with Gasteiger partial charge in [-0.1, -0.05) is 35.9 Å². The molecule has 0 unspecified atom stereocenters. The Morgan fingerprint density at radius 3 is 2.67 bits per heavy atom. The standard InChI is InChI=1S/C22H23ClN2O2/c1-15-6-3-4-7-18(15)16-12-20(19-14-17(23)8-9-21(19)26)25-22(13-16)24-10-5-11-27-2/h3-4,6-9,12-14,26H,5,10-11H2,1-2H3,(H,24,25). The molecule has 0 aliphatic heterocycles. The van der Waals surface area contributed by atoms with E-state index < -0.39 is 0 Å². The number of phenolic OH excluding ortho intramolecular Hbond substituents is 1. The molecule has 0 aliphatic rings. The fourth-order valence-corrected chi connectivity index (χ4v) is 3.13. The Morgan fingerprint density at radius 1 is 1.07 bits per heavy atom. The molecule has 0 radical (unpaired) electrons. The number of hydrogen-bond acceptors (Lipinski definition) is 4. The van der Waals surface area contributed by atoms with E-state index in [0.717, 1.165) is 29.9 Å². The number of nitrogens with zero attached hydrogens (tertiary/aromatic N) is 1. The molecule has 4 nitrogen and oxygen atoms in total. The van der Waals surface area contributed by atoms with Crippen molar-refractivity contribution >= 4 is 17.4 Å². The van der Waals surface area contributed by atoms with Crippen molar-refractivity contribution in [1.82, 2.24) is 4.98 Å². The Morgan fingerprint density at radius 2 is 1.89 bits per heavy atom. The van der Waals surface area contributed by atoms with Crippen LogP contribution in [0.25, 0.3) is 22.4 Å². The molecule has 3 rings (SSSR count). The van der Waals surface area contributed by atoms with Gasteiger partial charge in [-0.15, -0.1) is 0 Å². The SMILES string of the molecule is COCCCNc1cc(-c2ccccc2C)cc(-c2cc(Cl)ccc2O)n1. The number of benzene rings is 2. The fourth-order valence-electron chi connectivity index (χ4n) is 2.96. The number of ether oxygens (including phenoxy) is 1. The van der Waals surface area contributed by atoms with Crippen LogP contribution >= 0.6 is 11.6 Å². The molecule has 27 heavy (non-hydrogen) atoms. The molecule has 3 aromatic rings. The van der Waals surface area contributed by atoms with Crippen molar-refractivity contribution in [2.45, 2.75) is 13.3 Å². The number of rotatable bonds is 7. The highest BCUT2D eigenvalue weighted by atomic mass is 35.5. The van der Waals surface area contributed by atoms with Gasteiger partial charge in [0, 0.05) is 30.8 Å². The largest absolute Gasteiger partial charge is 0.507 e. The first-order valence-corrected chi connectivity index (χ1v) is 9.26. The number of pyridine rings is 1. The number of nitrogens with one attached hydrogen (secondary N) is 1. The maximum atomic E-state index is 10.3. The lowest BCUT2D eigenvalue weighted by Gasteiger charge is -2.13. The first-order chi connectivity index (χ1) is 13.1. The van der Waals surface area contributed by atoms with Crippen LogP contribution in [0.4, 0.5) is 5.82 Å². The van der Waals surface area contributed by atoms with Gasteiger partial charge in [-0.2, -0.15) is 0 Å². The first-order valence-electron chi connectivity index (χ1n) is 8.88. The van der Waals surface area contributed by atoms with E-state index in [1.807, 2.05) is 24.3 Å². The van der Waals surface area contributed by atoms with Gasteiger partial charge in [0.15, 0.2) is 0 Å². The number of phenols is 1. The summed E-state index contributed by atoms with van der Waals surface area (Å²) in [7, 11) is 1.69. The summed E-state index contributed by atoms with van der Waals surface area (Å²) in [4.78, 5) is 4.69. The van der Waals surface area contributed by atoms with E-state index in [0.29, 0.717) is 22.9 Å². The average Bonchev–Trinajstić information content (AvgIpc) is 2.67. The molecule has 0 atom stereocenters. The smallest absolute Gasteiger partial charge is 0.127 e. The Kier molecular flexibility index (Phi) is 6.32. The van der Waals surface area contributed by atoms with E-state index in [1.54, 1.807) is 25.3 Å². The average molecular weight is 383 g/mol. The number of aromatic nitrogens is 1. The van der Waals surface area contributed by atoms with Gasteiger partial charge >= 0.3 is 0 Å². The summed E-state index contributed by atoms with van der Waals surface area (Å²) in [5, 5.41) is 14.2. The van der Waals surface area contributed by atoms with Crippen molar-refractivity contribution in [3.63, 3.8) is 0 Å². The second-order valence-corrected chi connectivity index (χ2v) is 6.81. The molecule has 0 aliphatic carbocycles. The van der Waals surface area contributed by atoms with Crippen LogP contribution < -0.4 is 5.32 Å². The highest BCUT2D eigenvalue weighted by Gasteiger charge is 2.12. The highest BCUT2D eigenvalue weighted by Crippen LogP contribution is 2.35. The molecule has 140 valence electrons. The summed E-state index contributed by atoms with van der Waals surface area (Å²) in [5.74, 6) is 0.903. The maximum Gasteiger partial charge on any atom is 0.127 e. The lowest BCUT2D eigenvalue weighted by atomic mass is 9.99. The minimum Gasteiger partial charge on any atom is -0.507 e. The number of hydrogen-bond donors (Lipinski definition) is 2. The van der Waals surface area contributed by atoms with Crippen LogP contribution in [0, 0.1) is 6.92 Å². The van der Waals surface area contributed by atoms with Gasteiger partial charge < -0.3 is 15.2 Å². The van der Waals surface area contributed by atoms with Gasteiger partial charge in [-0.3, -0.25) is 0 Å². The molecule has 2 aromatic carbocycles. The quantitative estimate of drug-likeness (QED) is 0.527. The van der Waals surface area contributed by atoms with Gasteiger partial charge in [-0.05, 0) is 60.4 Å². The minimum atomic E-state index is 0.152. The number of aromatic hydroxyl groups is 1. The second-order valence-electron chi connectivity index (χ2n) is 6.38. The lowest BCUT2D eigenvalue weighted by molar-refractivity contribution is 0.198. The molecule has 0 saturated carbocycles. The van der Waals surface area contributed by atoms with Crippen molar-refractivity contribution in [2.24, 2.45) is 0 Å². The van der Waals surface area contributed by atoms with Crippen molar-refractivity contribution in [3.05, 3.63) is 65.2 Å². The summed E-state index contributed by atoms with van der Waals surface area (Å²) in [6.07, 6.45) is 0.879. The normalized spacial score (nSPS) is 10.8. The number of anilines is 1. The second kappa shape index (κ2) is 8.89. The highest BCUT2D eigenvalue weighted by molar-refractivity contribution is 6.31. The van der Waals surface area contributed by atoms with E-state index in [-0.39, 0.29) is 5.75 Å². The van der Waals surface area contributed by atoms with Gasteiger partial charge in [0.1, 0.15) is 11.6 Å². The monoisotopic (exact) mass is 382 g/mol. The van der Waals surface area contributed by atoms with E-state index in [1.165, 1.54) is 5.56 Å². The number of aryl methyl sites for hydroxylation is 1. The number of methoxy groups -OCH3 is 1. The van der Waals surface area contributed by atoms with Crippen LogP contribution in [0.2, 0.25) is 5.02 Å². The van der Waals surface area contributed by atoms with Crippen LogP contribution in [-0.2, 0) is 4.74 Å². The predicted octanol–water partition coefficient (Wildman–Crippen LogP) is 5.53. The van der Waals surface area contributed by atoms with Crippen molar-refractivity contribution < 1.29 is 9.84 Å². The third-order valence-corrected chi connectivity index (χ3v) is 4.58.